The van der Waals surface area contributed by atoms with Crippen molar-refractivity contribution in [3.8, 4) is 11.5 Å². The van der Waals surface area contributed by atoms with Gasteiger partial charge < -0.3 is 29.3 Å². The van der Waals surface area contributed by atoms with Crippen molar-refractivity contribution in [2.24, 2.45) is 11.8 Å². The molecule has 0 bridgehead atoms. The quantitative estimate of drug-likeness (QED) is 0.669. The summed E-state index contributed by atoms with van der Waals surface area (Å²) in [6.45, 7) is 2.89. The molecule has 0 unspecified atom stereocenters. The first kappa shape index (κ1) is 22.1. The molecule has 172 valence electrons. The van der Waals surface area contributed by atoms with Gasteiger partial charge in [-0.25, -0.2) is 4.79 Å². The lowest BCUT2D eigenvalue weighted by molar-refractivity contribution is -0.133. The number of carbonyl (C=O) groups excluding carboxylic acids is 1. The number of rotatable bonds is 7. The van der Waals surface area contributed by atoms with Crippen molar-refractivity contribution in [3.05, 3.63) is 40.8 Å². The largest absolute Gasteiger partial charge is 0.493 e. The number of amides is 1. The molecule has 3 heterocycles. The Morgan fingerprint density at radius 3 is 2.62 bits per heavy atom. The van der Waals surface area contributed by atoms with E-state index in [2.05, 4.69) is 10.5 Å². The molecule has 9 heteroatoms. The van der Waals surface area contributed by atoms with Crippen molar-refractivity contribution in [1.29, 1.82) is 0 Å². The number of hydrogen-bond donors (Lipinski definition) is 2. The Bertz CT molecular complexity index is 988. The fraction of sp³-hybridized carbons (Fsp3) is 0.522. The number of carbonyl (C=O) groups is 2. The zero-order valence-corrected chi connectivity index (χ0v) is 18.4. The highest BCUT2D eigenvalue weighted by Gasteiger charge is 2.31. The Hall–Kier alpha value is -3.07. The van der Waals surface area contributed by atoms with Gasteiger partial charge in [0, 0.05) is 25.6 Å². The van der Waals surface area contributed by atoms with Gasteiger partial charge in [-0.05, 0) is 67.4 Å². The number of carboxylic acid groups (broad SMARTS) is 1. The number of carboxylic acids is 1. The molecule has 2 aliphatic rings. The highest BCUT2D eigenvalue weighted by molar-refractivity contribution is 5.84. The van der Waals surface area contributed by atoms with Crippen LogP contribution in [-0.2, 0) is 24.2 Å². The van der Waals surface area contributed by atoms with Gasteiger partial charge in [0.15, 0.2) is 11.5 Å². The number of fused-ring (bicyclic) bond motifs is 1. The summed E-state index contributed by atoms with van der Waals surface area (Å²) in [6, 6.07) is 5.44. The Kier molecular flexibility index (Phi) is 6.64. The van der Waals surface area contributed by atoms with E-state index in [4.69, 9.17) is 19.1 Å². The van der Waals surface area contributed by atoms with Crippen molar-refractivity contribution in [2.45, 2.75) is 32.2 Å². The van der Waals surface area contributed by atoms with Crippen LogP contribution < -0.4 is 14.8 Å². The van der Waals surface area contributed by atoms with Crippen LogP contribution in [0, 0.1) is 11.8 Å². The third-order valence-corrected chi connectivity index (χ3v) is 6.51. The van der Waals surface area contributed by atoms with Gasteiger partial charge >= 0.3 is 5.97 Å². The van der Waals surface area contributed by atoms with Crippen LogP contribution in [0.25, 0.3) is 0 Å². The maximum atomic E-state index is 13.2. The third-order valence-electron chi connectivity index (χ3n) is 6.51. The molecule has 0 saturated carbocycles. The minimum Gasteiger partial charge on any atom is -0.493 e. The summed E-state index contributed by atoms with van der Waals surface area (Å²) in [5, 5.41) is 16.3. The van der Waals surface area contributed by atoms with Crippen LogP contribution >= 0.6 is 0 Å². The first-order chi connectivity index (χ1) is 15.5. The van der Waals surface area contributed by atoms with Gasteiger partial charge in [0.05, 0.1) is 19.9 Å². The molecule has 1 aromatic carbocycles. The zero-order chi connectivity index (χ0) is 22.7. The average molecular weight is 444 g/mol. The summed E-state index contributed by atoms with van der Waals surface area (Å²) >= 11 is 0. The third kappa shape index (κ3) is 4.72. The van der Waals surface area contributed by atoms with E-state index >= 15 is 0 Å². The van der Waals surface area contributed by atoms with E-state index in [0.29, 0.717) is 43.1 Å². The van der Waals surface area contributed by atoms with Crippen LogP contribution in [0.15, 0.2) is 22.7 Å². The summed E-state index contributed by atoms with van der Waals surface area (Å²) < 4.78 is 15.7. The molecule has 2 aliphatic heterocycles. The van der Waals surface area contributed by atoms with Crippen LogP contribution in [-0.4, -0.2) is 60.9 Å². The molecule has 2 aromatic rings. The topological polar surface area (TPSA) is 114 Å². The van der Waals surface area contributed by atoms with Gasteiger partial charge in [0.1, 0.15) is 0 Å². The lowest BCUT2D eigenvalue weighted by Crippen LogP contribution is -2.42. The van der Waals surface area contributed by atoms with Crippen molar-refractivity contribution >= 4 is 11.9 Å². The van der Waals surface area contributed by atoms with Crippen LogP contribution in [0.4, 0.5) is 0 Å². The van der Waals surface area contributed by atoms with Crippen LogP contribution in [0.5, 0.6) is 11.5 Å². The van der Waals surface area contributed by atoms with Crippen LogP contribution in [0.2, 0.25) is 0 Å². The number of methoxy groups -OCH3 is 2. The van der Waals surface area contributed by atoms with Gasteiger partial charge in [0.2, 0.25) is 11.7 Å². The molecule has 0 radical (unpaired) electrons. The number of aromatic nitrogens is 1. The number of nitrogens with zero attached hydrogens (tertiary/aromatic N) is 2. The molecule has 32 heavy (non-hydrogen) atoms. The lowest BCUT2D eigenvalue weighted by atomic mass is 9.80. The molecule has 2 atom stereocenters. The zero-order valence-electron chi connectivity index (χ0n) is 18.4. The Balaban J connectivity index is 1.41. The van der Waals surface area contributed by atoms with E-state index in [-0.39, 0.29) is 23.5 Å². The number of piperidine rings is 1. The minimum atomic E-state index is -1.13. The van der Waals surface area contributed by atoms with Gasteiger partial charge in [0.25, 0.3) is 0 Å². The van der Waals surface area contributed by atoms with Gasteiger partial charge in [-0.15, -0.1) is 0 Å². The molecular formula is C23H29N3O6. The van der Waals surface area contributed by atoms with E-state index in [1.165, 1.54) is 11.6 Å². The molecule has 1 aromatic heterocycles. The van der Waals surface area contributed by atoms with Gasteiger partial charge in [-0.1, -0.05) is 5.16 Å². The van der Waals surface area contributed by atoms with Crippen molar-refractivity contribution < 1.29 is 28.7 Å². The summed E-state index contributed by atoms with van der Waals surface area (Å²) in [5.74, 6) is 0.650. The van der Waals surface area contributed by atoms with Crippen molar-refractivity contribution in [1.82, 2.24) is 15.4 Å². The highest BCUT2D eigenvalue weighted by Crippen LogP contribution is 2.34. The molecule has 0 aliphatic carbocycles. The first-order valence-corrected chi connectivity index (χ1v) is 10.9. The van der Waals surface area contributed by atoms with E-state index in [0.717, 1.165) is 31.5 Å². The molecule has 1 amide bonds. The normalized spacial score (nSPS) is 20.5. The van der Waals surface area contributed by atoms with Crippen LogP contribution in [0.1, 0.15) is 40.2 Å². The standard InChI is InChI=1S/C23H29N3O6/c1-30-19-8-15-4-6-26(13-17(15)9-20(19)31-2)22(27)10-14-3-5-24-12-16(14)7-18-11-21(23(28)29)32-25-18/h8-9,11,14,16,24H,3-7,10,12-13H2,1-2H3,(H,28,29)/t14-,16+/m1/s1. The molecule has 1 saturated heterocycles. The molecular weight excluding hydrogens is 414 g/mol. The minimum absolute atomic E-state index is 0.147. The number of aromatic carboxylic acids is 1. The molecule has 0 spiro atoms. The SMILES string of the molecule is COc1cc2c(cc1OC)CN(C(=O)C[C@H]1CCNC[C@@H]1Cc1cc(C(=O)O)on1)CC2. The molecule has 2 N–H and O–H groups in total. The Morgan fingerprint density at radius 2 is 1.94 bits per heavy atom. The maximum absolute atomic E-state index is 13.2. The van der Waals surface area contributed by atoms with E-state index in [1.807, 2.05) is 17.0 Å². The number of hydrogen-bond acceptors (Lipinski definition) is 7. The molecule has 4 rings (SSSR count). The summed E-state index contributed by atoms with van der Waals surface area (Å²) in [4.78, 5) is 26.1. The molecule has 1 fully saturated rings. The smallest absolute Gasteiger partial charge is 0.374 e. The van der Waals surface area contributed by atoms with Crippen molar-refractivity contribution in [3.63, 3.8) is 0 Å². The van der Waals surface area contributed by atoms with Crippen molar-refractivity contribution in [2.75, 3.05) is 33.9 Å². The highest BCUT2D eigenvalue weighted by atomic mass is 16.5. The van der Waals surface area contributed by atoms with Crippen LogP contribution in [0.3, 0.4) is 0 Å². The lowest BCUT2D eigenvalue weighted by Gasteiger charge is -2.35. The maximum Gasteiger partial charge on any atom is 0.374 e. The molecule has 9 nitrogen and oxygen atoms in total. The monoisotopic (exact) mass is 443 g/mol. The number of ether oxygens (including phenoxy) is 2. The fourth-order valence-electron chi connectivity index (χ4n) is 4.71. The van der Waals surface area contributed by atoms with E-state index in [1.54, 1.807) is 14.2 Å². The number of nitrogens with one attached hydrogen (secondary N) is 1. The van der Waals surface area contributed by atoms with Gasteiger partial charge in [-0.2, -0.15) is 0 Å². The Labute approximate surface area is 186 Å². The Morgan fingerprint density at radius 1 is 1.19 bits per heavy atom. The predicted molar refractivity (Wildman–Crippen MR) is 115 cm³/mol. The second kappa shape index (κ2) is 9.60. The number of benzene rings is 1. The average Bonchev–Trinajstić information content (AvgIpc) is 3.28. The fourth-order valence-corrected chi connectivity index (χ4v) is 4.71. The second-order valence-corrected chi connectivity index (χ2v) is 8.45. The summed E-state index contributed by atoms with van der Waals surface area (Å²) in [6.07, 6.45) is 2.74. The van der Waals surface area contributed by atoms with E-state index < -0.39 is 5.97 Å². The second-order valence-electron chi connectivity index (χ2n) is 8.45. The first-order valence-electron chi connectivity index (χ1n) is 10.9. The predicted octanol–water partition coefficient (Wildman–Crippen LogP) is 2.13. The summed E-state index contributed by atoms with van der Waals surface area (Å²) in [7, 11) is 3.24. The van der Waals surface area contributed by atoms with Gasteiger partial charge in [-0.3, -0.25) is 4.79 Å². The summed E-state index contributed by atoms with van der Waals surface area (Å²) in [5.41, 5.74) is 2.89. The van der Waals surface area contributed by atoms with E-state index in [9.17, 15) is 9.59 Å².